The number of amides is 2. The first kappa shape index (κ1) is 20.9. The molecule has 4 N–H and O–H groups in total. The van der Waals surface area contributed by atoms with Crippen molar-refractivity contribution >= 4 is 21.8 Å². The zero-order valence-electron chi connectivity index (χ0n) is 14.7. The number of likely N-dealkylation sites (tertiary alicyclic amines) is 1. The van der Waals surface area contributed by atoms with E-state index in [1.807, 2.05) is 13.8 Å². The first-order chi connectivity index (χ1) is 11.1. The van der Waals surface area contributed by atoms with Gasteiger partial charge >= 0.3 is 0 Å². The van der Waals surface area contributed by atoms with E-state index in [-0.39, 0.29) is 30.3 Å². The first-order valence-corrected chi connectivity index (χ1v) is 10.3. The highest BCUT2D eigenvalue weighted by Crippen LogP contribution is 2.19. The third kappa shape index (κ3) is 7.14. The van der Waals surface area contributed by atoms with E-state index in [4.69, 9.17) is 5.73 Å². The summed E-state index contributed by atoms with van der Waals surface area (Å²) in [5, 5.41) is 2.60. The molecule has 1 heterocycles. The van der Waals surface area contributed by atoms with Crippen LogP contribution >= 0.6 is 0 Å². The average molecular weight is 362 g/mol. The highest BCUT2D eigenvalue weighted by molar-refractivity contribution is 7.88. The maximum Gasteiger partial charge on any atom is 0.242 e. The van der Waals surface area contributed by atoms with Crippen molar-refractivity contribution in [3.8, 4) is 0 Å². The minimum Gasteiger partial charge on any atom is -0.346 e. The Balaban J connectivity index is 2.51. The topological polar surface area (TPSA) is 122 Å². The van der Waals surface area contributed by atoms with Gasteiger partial charge in [0.05, 0.1) is 18.8 Å². The van der Waals surface area contributed by atoms with Gasteiger partial charge in [-0.2, -0.15) is 0 Å². The molecule has 1 aliphatic rings. The summed E-state index contributed by atoms with van der Waals surface area (Å²) in [5.74, 6) is -0.473. The lowest BCUT2D eigenvalue weighted by atomic mass is 9.99. The SMILES string of the molecule is CC(C)[C@H](N)C(=O)NCC(=O)N1CCCCC1CCNS(C)(=O)=O. The third-order valence-corrected chi connectivity index (χ3v) is 4.95. The quantitative estimate of drug-likeness (QED) is 0.533. The van der Waals surface area contributed by atoms with Gasteiger partial charge in [0.15, 0.2) is 0 Å². The van der Waals surface area contributed by atoms with Crippen molar-refractivity contribution < 1.29 is 18.0 Å². The summed E-state index contributed by atoms with van der Waals surface area (Å²) in [7, 11) is -3.23. The van der Waals surface area contributed by atoms with E-state index in [2.05, 4.69) is 10.0 Å². The van der Waals surface area contributed by atoms with Crippen LogP contribution in [0.1, 0.15) is 39.5 Å². The Morgan fingerprint density at radius 1 is 1.29 bits per heavy atom. The molecule has 0 aliphatic carbocycles. The molecule has 1 unspecified atom stereocenters. The lowest BCUT2D eigenvalue weighted by molar-refractivity contribution is -0.136. The van der Waals surface area contributed by atoms with Gasteiger partial charge in [-0.3, -0.25) is 9.59 Å². The van der Waals surface area contributed by atoms with Crippen molar-refractivity contribution in [2.24, 2.45) is 11.7 Å². The van der Waals surface area contributed by atoms with Crippen LogP contribution < -0.4 is 15.8 Å². The standard InChI is InChI=1S/C15H30N4O4S/c1-11(2)14(16)15(21)17-10-13(20)19-9-5-4-6-12(19)7-8-18-24(3,22)23/h11-12,14,18H,4-10,16H2,1-3H3,(H,17,21)/t12?,14-/m0/s1. The number of nitrogens with one attached hydrogen (secondary N) is 2. The Hall–Kier alpha value is -1.19. The summed E-state index contributed by atoms with van der Waals surface area (Å²) in [6, 6.07) is -0.634. The fourth-order valence-electron chi connectivity index (χ4n) is 2.72. The van der Waals surface area contributed by atoms with Gasteiger partial charge in [0.25, 0.3) is 0 Å². The molecule has 1 fully saturated rings. The second-order valence-corrected chi connectivity index (χ2v) is 8.51. The molecule has 0 aromatic heterocycles. The first-order valence-electron chi connectivity index (χ1n) is 8.39. The van der Waals surface area contributed by atoms with Crippen LogP contribution in [0.4, 0.5) is 0 Å². The number of piperidine rings is 1. The third-order valence-electron chi connectivity index (χ3n) is 4.22. The summed E-state index contributed by atoms with van der Waals surface area (Å²) in [5.41, 5.74) is 5.76. The van der Waals surface area contributed by atoms with Crippen LogP contribution in [0.5, 0.6) is 0 Å². The average Bonchev–Trinajstić information content (AvgIpc) is 2.50. The molecule has 0 bridgehead atoms. The molecule has 24 heavy (non-hydrogen) atoms. The Labute approximate surface area is 144 Å². The van der Waals surface area contributed by atoms with Crippen LogP contribution in [-0.4, -0.2) is 63.1 Å². The summed E-state index contributed by atoms with van der Waals surface area (Å²) in [6.07, 6.45) is 4.46. The van der Waals surface area contributed by atoms with Crippen molar-refractivity contribution in [1.82, 2.24) is 14.9 Å². The number of rotatable bonds is 8. The smallest absolute Gasteiger partial charge is 0.242 e. The second-order valence-electron chi connectivity index (χ2n) is 6.68. The molecular formula is C15H30N4O4S. The molecule has 8 nitrogen and oxygen atoms in total. The molecule has 140 valence electrons. The number of hydrogen-bond acceptors (Lipinski definition) is 5. The Kier molecular flexibility index (Phi) is 8.11. The van der Waals surface area contributed by atoms with Crippen molar-refractivity contribution in [2.45, 2.75) is 51.6 Å². The summed E-state index contributed by atoms with van der Waals surface area (Å²) in [4.78, 5) is 26.0. The van der Waals surface area contributed by atoms with E-state index in [1.54, 1.807) is 4.90 Å². The molecule has 0 aromatic rings. The zero-order valence-corrected chi connectivity index (χ0v) is 15.6. The maximum absolute atomic E-state index is 12.4. The van der Waals surface area contributed by atoms with E-state index in [1.165, 1.54) is 0 Å². The van der Waals surface area contributed by atoms with E-state index in [9.17, 15) is 18.0 Å². The minimum atomic E-state index is -3.23. The van der Waals surface area contributed by atoms with Crippen LogP contribution in [0.15, 0.2) is 0 Å². The Morgan fingerprint density at radius 2 is 1.96 bits per heavy atom. The van der Waals surface area contributed by atoms with Crippen LogP contribution in [0.2, 0.25) is 0 Å². The van der Waals surface area contributed by atoms with Crippen molar-refractivity contribution in [3.63, 3.8) is 0 Å². The van der Waals surface area contributed by atoms with Gasteiger partial charge < -0.3 is 16.0 Å². The lowest BCUT2D eigenvalue weighted by Gasteiger charge is -2.36. The highest BCUT2D eigenvalue weighted by Gasteiger charge is 2.27. The predicted molar refractivity (Wildman–Crippen MR) is 92.6 cm³/mol. The molecule has 2 amide bonds. The molecule has 1 rings (SSSR count). The summed E-state index contributed by atoms with van der Waals surface area (Å²) < 4.78 is 24.7. The highest BCUT2D eigenvalue weighted by atomic mass is 32.2. The molecular weight excluding hydrogens is 332 g/mol. The molecule has 1 aliphatic heterocycles. The van der Waals surface area contributed by atoms with Gasteiger partial charge in [-0.05, 0) is 31.6 Å². The van der Waals surface area contributed by atoms with Gasteiger partial charge in [-0.15, -0.1) is 0 Å². The molecule has 1 saturated heterocycles. The monoisotopic (exact) mass is 362 g/mol. The number of sulfonamides is 1. The number of carbonyl (C=O) groups is 2. The van der Waals surface area contributed by atoms with Crippen LogP contribution in [0.3, 0.4) is 0 Å². The van der Waals surface area contributed by atoms with Gasteiger partial charge in [0.1, 0.15) is 0 Å². The zero-order chi connectivity index (χ0) is 18.3. The number of hydrogen-bond donors (Lipinski definition) is 3. The van der Waals surface area contributed by atoms with E-state index < -0.39 is 16.1 Å². The number of nitrogens with two attached hydrogens (primary N) is 1. The van der Waals surface area contributed by atoms with E-state index in [0.717, 1.165) is 25.5 Å². The minimum absolute atomic E-state index is 0.00354. The fraction of sp³-hybridized carbons (Fsp3) is 0.867. The van der Waals surface area contributed by atoms with Crippen molar-refractivity contribution in [3.05, 3.63) is 0 Å². The lowest BCUT2D eigenvalue weighted by Crippen LogP contribution is -2.51. The van der Waals surface area contributed by atoms with Gasteiger partial charge in [0, 0.05) is 19.1 Å². The van der Waals surface area contributed by atoms with Crippen LogP contribution in [-0.2, 0) is 19.6 Å². The van der Waals surface area contributed by atoms with Gasteiger partial charge in [0.2, 0.25) is 21.8 Å². The molecule has 9 heteroatoms. The Bertz CT molecular complexity index is 536. The summed E-state index contributed by atoms with van der Waals surface area (Å²) >= 11 is 0. The van der Waals surface area contributed by atoms with E-state index >= 15 is 0 Å². The molecule has 0 radical (unpaired) electrons. The fourth-order valence-corrected chi connectivity index (χ4v) is 3.21. The molecule has 0 saturated carbocycles. The summed E-state index contributed by atoms with van der Waals surface area (Å²) in [6.45, 7) is 4.56. The van der Waals surface area contributed by atoms with Crippen molar-refractivity contribution in [1.29, 1.82) is 0 Å². The maximum atomic E-state index is 12.4. The van der Waals surface area contributed by atoms with Crippen LogP contribution in [0, 0.1) is 5.92 Å². The Morgan fingerprint density at radius 3 is 2.54 bits per heavy atom. The van der Waals surface area contributed by atoms with Gasteiger partial charge in [-0.25, -0.2) is 13.1 Å². The molecule has 0 spiro atoms. The molecule has 2 atom stereocenters. The number of carbonyl (C=O) groups excluding carboxylic acids is 2. The largest absolute Gasteiger partial charge is 0.346 e. The van der Waals surface area contributed by atoms with Gasteiger partial charge in [-0.1, -0.05) is 13.8 Å². The van der Waals surface area contributed by atoms with E-state index in [0.29, 0.717) is 19.5 Å². The second kappa shape index (κ2) is 9.33. The van der Waals surface area contributed by atoms with Crippen molar-refractivity contribution in [2.75, 3.05) is 25.9 Å². The van der Waals surface area contributed by atoms with Crippen LogP contribution in [0.25, 0.3) is 0 Å². The normalized spacial score (nSPS) is 20.0. The number of nitrogens with zero attached hydrogens (tertiary/aromatic N) is 1. The molecule has 0 aromatic carbocycles. The predicted octanol–water partition coefficient (Wildman–Crippen LogP) is -0.594.